The van der Waals surface area contributed by atoms with Crippen molar-refractivity contribution < 1.29 is 5.11 Å². The van der Waals surface area contributed by atoms with Gasteiger partial charge in [-0.1, -0.05) is 6.07 Å². The molecular formula is C10H12O. The number of aromatic hydroxyl groups is 1. The van der Waals surface area contributed by atoms with Gasteiger partial charge in [-0.15, -0.1) is 0 Å². The molecule has 0 unspecified atom stereocenters. The van der Waals surface area contributed by atoms with Crippen LogP contribution in [0.2, 0.25) is 0 Å². The van der Waals surface area contributed by atoms with Crippen LogP contribution in [0.5, 0.6) is 5.75 Å². The second kappa shape index (κ2) is 2.26. The normalized spacial score (nSPS) is 16.8. The lowest BCUT2D eigenvalue weighted by Gasteiger charge is -2.03. The van der Waals surface area contributed by atoms with Crippen LogP contribution in [0.3, 0.4) is 0 Å². The lowest BCUT2D eigenvalue weighted by Crippen LogP contribution is -1.83. The van der Waals surface area contributed by atoms with Gasteiger partial charge >= 0.3 is 0 Å². The van der Waals surface area contributed by atoms with Crippen molar-refractivity contribution in [1.29, 1.82) is 0 Å². The van der Waals surface area contributed by atoms with E-state index in [1.54, 1.807) is 6.07 Å². The van der Waals surface area contributed by atoms with Crippen molar-refractivity contribution in [2.24, 2.45) is 0 Å². The van der Waals surface area contributed by atoms with E-state index in [9.17, 15) is 5.11 Å². The largest absolute Gasteiger partial charge is 0.508 e. The highest BCUT2D eigenvalue weighted by molar-refractivity contribution is 5.38. The van der Waals surface area contributed by atoms with Gasteiger partial charge in [0.05, 0.1) is 0 Å². The maximum atomic E-state index is 9.21. The fourth-order valence-corrected chi connectivity index (χ4v) is 1.46. The maximum absolute atomic E-state index is 9.21. The summed E-state index contributed by atoms with van der Waals surface area (Å²) in [5.74, 6) is 1.14. The third kappa shape index (κ3) is 1.23. The molecule has 1 aromatic rings. The fourth-order valence-electron chi connectivity index (χ4n) is 1.46. The summed E-state index contributed by atoms with van der Waals surface area (Å²) in [6.45, 7) is 2.10. The topological polar surface area (TPSA) is 20.2 Å². The average Bonchev–Trinajstić information content (AvgIpc) is 2.76. The molecular weight excluding hydrogens is 136 g/mol. The average molecular weight is 148 g/mol. The smallest absolute Gasteiger partial charge is 0.115 e. The van der Waals surface area contributed by atoms with Crippen LogP contribution in [0.15, 0.2) is 18.2 Å². The van der Waals surface area contributed by atoms with Gasteiger partial charge in [-0.25, -0.2) is 0 Å². The van der Waals surface area contributed by atoms with E-state index in [1.165, 1.54) is 24.0 Å². The van der Waals surface area contributed by atoms with Gasteiger partial charge in [0.15, 0.2) is 0 Å². The van der Waals surface area contributed by atoms with E-state index in [0.717, 1.165) is 5.92 Å². The highest BCUT2D eigenvalue weighted by Crippen LogP contribution is 2.42. The second-order valence-electron chi connectivity index (χ2n) is 3.32. The van der Waals surface area contributed by atoms with Crippen LogP contribution < -0.4 is 0 Å². The van der Waals surface area contributed by atoms with Crippen molar-refractivity contribution in [2.75, 3.05) is 0 Å². The lowest BCUT2D eigenvalue weighted by atomic mass is 10.0. The molecule has 0 amide bonds. The van der Waals surface area contributed by atoms with Crippen molar-refractivity contribution >= 4 is 0 Å². The maximum Gasteiger partial charge on any atom is 0.115 e. The van der Waals surface area contributed by atoms with E-state index in [1.807, 2.05) is 12.1 Å². The Bertz CT molecular complexity index is 274. The standard InChI is InChI=1S/C10H12O/c1-7-2-5-9(11)6-10(7)8-3-4-8/h2,5-6,8,11H,3-4H2,1H3. The quantitative estimate of drug-likeness (QED) is 0.649. The highest BCUT2D eigenvalue weighted by atomic mass is 16.3. The third-order valence-electron chi connectivity index (χ3n) is 2.28. The Morgan fingerprint density at radius 3 is 2.73 bits per heavy atom. The van der Waals surface area contributed by atoms with E-state index < -0.39 is 0 Å². The molecule has 0 atom stereocenters. The van der Waals surface area contributed by atoms with E-state index in [0.29, 0.717) is 5.75 Å². The Morgan fingerprint density at radius 2 is 2.09 bits per heavy atom. The van der Waals surface area contributed by atoms with Crippen LogP contribution in [0, 0.1) is 6.92 Å². The molecule has 0 aromatic heterocycles. The summed E-state index contributed by atoms with van der Waals surface area (Å²) in [4.78, 5) is 0. The first-order valence-corrected chi connectivity index (χ1v) is 4.07. The van der Waals surface area contributed by atoms with Crippen molar-refractivity contribution in [3.63, 3.8) is 0 Å². The highest BCUT2D eigenvalue weighted by Gasteiger charge is 2.24. The molecule has 58 valence electrons. The van der Waals surface area contributed by atoms with Crippen LogP contribution in [0.4, 0.5) is 0 Å². The lowest BCUT2D eigenvalue weighted by molar-refractivity contribution is 0.474. The molecule has 0 aliphatic heterocycles. The van der Waals surface area contributed by atoms with Crippen LogP contribution in [-0.2, 0) is 0 Å². The number of rotatable bonds is 1. The summed E-state index contributed by atoms with van der Waals surface area (Å²) in [7, 11) is 0. The Balaban J connectivity index is 2.42. The molecule has 1 N–H and O–H groups in total. The zero-order valence-corrected chi connectivity index (χ0v) is 6.67. The number of aryl methyl sites for hydroxylation is 1. The summed E-state index contributed by atoms with van der Waals surface area (Å²) < 4.78 is 0. The monoisotopic (exact) mass is 148 g/mol. The van der Waals surface area contributed by atoms with Crippen LogP contribution in [-0.4, -0.2) is 5.11 Å². The van der Waals surface area contributed by atoms with Gasteiger partial charge in [-0.05, 0) is 48.9 Å². The molecule has 0 spiro atoms. The van der Waals surface area contributed by atoms with E-state index in [2.05, 4.69) is 6.92 Å². The second-order valence-corrected chi connectivity index (χ2v) is 3.32. The SMILES string of the molecule is Cc1ccc(O)cc1C1CC1. The Kier molecular flexibility index (Phi) is 1.38. The molecule has 1 fully saturated rings. The molecule has 1 saturated carbocycles. The minimum absolute atomic E-state index is 0.400. The number of benzene rings is 1. The van der Waals surface area contributed by atoms with Crippen LogP contribution in [0.25, 0.3) is 0 Å². The molecule has 2 rings (SSSR count). The summed E-state index contributed by atoms with van der Waals surface area (Å²) in [5.41, 5.74) is 2.65. The molecule has 1 nitrogen and oxygen atoms in total. The fraction of sp³-hybridized carbons (Fsp3) is 0.400. The molecule has 1 heteroatoms. The number of phenols is 1. The van der Waals surface area contributed by atoms with E-state index >= 15 is 0 Å². The molecule has 0 radical (unpaired) electrons. The first-order chi connectivity index (χ1) is 5.27. The number of hydrogen-bond donors (Lipinski definition) is 1. The molecule has 0 saturated heterocycles. The van der Waals surface area contributed by atoms with Gasteiger partial charge in [-0.2, -0.15) is 0 Å². The summed E-state index contributed by atoms with van der Waals surface area (Å²) >= 11 is 0. The third-order valence-corrected chi connectivity index (χ3v) is 2.28. The molecule has 11 heavy (non-hydrogen) atoms. The van der Waals surface area contributed by atoms with Crippen LogP contribution in [0.1, 0.15) is 29.9 Å². The van der Waals surface area contributed by atoms with Gasteiger partial charge in [0.25, 0.3) is 0 Å². The predicted molar refractivity (Wildman–Crippen MR) is 44.8 cm³/mol. The van der Waals surface area contributed by atoms with Gasteiger partial charge in [-0.3, -0.25) is 0 Å². The van der Waals surface area contributed by atoms with E-state index in [4.69, 9.17) is 0 Å². The summed E-state index contributed by atoms with van der Waals surface area (Å²) in [6.07, 6.45) is 2.59. The van der Waals surface area contributed by atoms with Crippen LogP contribution >= 0.6 is 0 Å². The first kappa shape index (κ1) is 6.71. The summed E-state index contributed by atoms with van der Waals surface area (Å²) in [6, 6.07) is 5.64. The Hall–Kier alpha value is -0.980. The minimum Gasteiger partial charge on any atom is -0.508 e. The Morgan fingerprint density at radius 1 is 1.36 bits per heavy atom. The predicted octanol–water partition coefficient (Wildman–Crippen LogP) is 2.58. The van der Waals surface area contributed by atoms with Crippen molar-refractivity contribution in [1.82, 2.24) is 0 Å². The number of hydrogen-bond acceptors (Lipinski definition) is 1. The molecule has 1 aromatic carbocycles. The zero-order chi connectivity index (χ0) is 7.84. The van der Waals surface area contributed by atoms with Gasteiger partial charge in [0.1, 0.15) is 5.75 Å². The molecule has 1 aliphatic rings. The van der Waals surface area contributed by atoms with E-state index in [-0.39, 0.29) is 0 Å². The summed E-state index contributed by atoms with van der Waals surface area (Å²) in [5, 5.41) is 9.21. The van der Waals surface area contributed by atoms with Gasteiger partial charge in [0.2, 0.25) is 0 Å². The van der Waals surface area contributed by atoms with Gasteiger partial charge in [0, 0.05) is 0 Å². The molecule has 1 aliphatic carbocycles. The number of phenolic OH excluding ortho intramolecular Hbond substituents is 1. The molecule has 0 heterocycles. The van der Waals surface area contributed by atoms with Crippen molar-refractivity contribution in [3.05, 3.63) is 29.3 Å². The van der Waals surface area contributed by atoms with Crippen molar-refractivity contribution in [3.8, 4) is 5.75 Å². The van der Waals surface area contributed by atoms with Crippen molar-refractivity contribution in [2.45, 2.75) is 25.7 Å². The van der Waals surface area contributed by atoms with Gasteiger partial charge < -0.3 is 5.11 Å². The molecule has 0 bridgehead atoms. The first-order valence-electron chi connectivity index (χ1n) is 4.07. The zero-order valence-electron chi connectivity index (χ0n) is 6.67. The Labute approximate surface area is 66.7 Å². The minimum atomic E-state index is 0.400.